The van der Waals surface area contributed by atoms with Gasteiger partial charge in [0.2, 0.25) is 6.08 Å². The van der Waals surface area contributed by atoms with Gasteiger partial charge in [0.1, 0.15) is 11.8 Å². The van der Waals surface area contributed by atoms with Crippen molar-refractivity contribution in [2.24, 2.45) is 4.99 Å². The molecule has 0 unspecified atom stereocenters. The van der Waals surface area contributed by atoms with E-state index >= 15 is 0 Å². The molecule has 0 heterocycles. The first-order valence-electron chi connectivity index (χ1n) is 4.34. The quantitative estimate of drug-likeness (QED) is 0.553. The van der Waals surface area contributed by atoms with Crippen LogP contribution in [0, 0.1) is 18.3 Å². The first-order chi connectivity index (χ1) is 7.22. The van der Waals surface area contributed by atoms with E-state index in [1.165, 1.54) is 13.2 Å². The Labute approximate surface area is 87.8 Å². The fraction of sp³-hybridized carbons (Fsp3) is 0.273. The van der Waals surface area contributed by atoms with Crippen LogP contribution < -0.4 is 4.74 Å². The van der Waals surface area contributed by atoms with Gasteiger partial charge in [-0.3, -0.25) is 0 Å². The predicted molar refractivity (Wildman–Crippen MR) is 54.3 cm³/mol. The van der Waals surface area contributed by atoms with Gasteiger partial charge < -0.3 is 4.74 Å². The van der Waals surface area contributed by atoms with Crippen LogP contribution in [0.1, 0.15) is 16.7 Å². The minimum Gasteiger partial charge on any atom is -0.495 e. The number of aliphatic imine (C=N–C) groups is 1. The van der Waals surface area contributed by atoms with Crippen LogP contribution in [0.2, 0.25) is 0 Å². The molecule has 0 aliphatic carbocycles. The van der Waals surface area contributed by atoms with Crippen LogP contribution in [-0.4, -0.2) is 13.2 Å². The number of rotatable bonds is 3. The molecule has 0 amide bonds. The fourth-order valence-corrected chi connectivity index (χ4v) is 1.42. The molecule has 1 rings (SSSR count). The highest BCUT2D eigenvalue weighted by Crippen LogP contribution is 2.24. The molecule has 0 fully saturated rings. The Morgan fingerprint density at radius 1 is 1.53 bits per heavy atom. The fourth-order valence-electron chi connectivity index (χ4n) is 1.42. The van der Waals surface area contributed by atoms with Crippen molar-refractivity contribution in [2.75, 3.05) is 7.11 Å². The van der Waals surface area contributed by atoms with Crippen LogP contribution >= 0.6 is 0 Å². The summed E-state index contributed by atoms with van der Waals surface area (Å²) in [7, 11) is 1.52. The summed E-state index contributed by atoms with van der Waals surface area (Å²) in [6.07, 6.45) is 1.46. The van der Waals surface area contributed by atoms with Gasteiger partial charge in [-0.05, 0) is 24.1 Å². The van der Waals surface area contributed by atoms with E-state index in [1.807, 2.05) is 19.1 Å². The lowest BCUT2D eigenvalue weighted by molar-refractivity contribution is 0.410. The van der Waals surface area contributed by atoms with Crippen molar-refractivity contribution < 1.29 is 9.53 Å². The van der Waals surface area contributed by atoms with Crippen molar-refractivity contribution >= 4 is 6.08 Å². The Balaban J connectivity index is 3.20. The smallest absolute Gasteiger partial charge is 0.235 e. The maximum Gasteiger partial charge on any atom is 0.235 e. The topological polar surface area (TPSA) is 62.4 Å². The second-order valence-corrected chi connectivity index (χ2v) is 3.01. The number of hydrogen-bond donors (Lipinski definition) is 0. The van der Waals surface area contributed by atoms with Gasteiger partial charge in [-0.2, -0.15) is 5.26 Å². The summed E-state index contributed by atoms with van der Waals surface area (Å²) in [5.74, 6) is 0.566. The summed E-state index contributed by atoms with van der Waals surface area (Å²) in [5, 5.41) is 8.89. The van der Waals surface area contributed by atoms with E-state index in [-0.39, 0.29) is 6.54 Å². The first-order valence-corrected chi connectivity index (χ1v) is 4.34. The molecule has 0 aliphatic rings. The normalized spacial score (nSPS) is 8.87. The number of nitriles is 1. The van der Waals surface area contributed by atoms with Gasteiger partial charge in [0.05, 0.1) is 19.2 Å². The molecular weight excluding hydrogens is 192 g/mol. The highest BCUT2D eigenvalue weighted by Gasteiger charge is 2.07. The van der Waals surface area contributed by atoms with E-state index in [4.69, 9.17) is 10.00 Å². The van der Waals surface area contributed by atoms with E-state index in [9.17, 15) is 4.79 Å². The number of methoxy groups -OCH3 is 1. The van der Waals surface area contributed by atoms with Crippen LogP contribution in [0.4, 0.5) is 0 Å². The zero-order chi connectivity index (χ0) is 11.3. The second kappa shape index (κ2) is 4.94. The number of carbonyl (C=O) groups excluding carboxylic acids is 1. The molecule has 0 atom stereocenters. The third-order valence-corrected chi connectivity index (χ3v) is 1.99. The molecule has 1 aromatic rings. The Morgan fingerprint density at radius 2 is 2.27 bits per heavy atom. The molecule has 0 radical (unpaired) electrons. The number of aryl methyl sites for hydroxylation is 1. The number of benzene rings is 1. The molecule has 0 N–H and O–H groups in total. The average molecular weight is 202 g/mol. The summed E-state index contributed by atoms with van der Waals surface area (Å²) >= 11 is 0. The Morgan fingerprint density at radius 3 is 2.80 bits per heavy atom. The largest absolute Gasteiger partial charge is 0.495 e. The van der Waals surface area contributed by atoms with E-state index < -0.39 is 0 Å². The monoisotopic (exact) mass is 202 g/mol. The minimum absolute atomic E-state index is 0.239. The van der Waals surface area contributed by atoms with Crippen molar-refractivity contribution in [2.45, 2.75) is 13.5 Å². The van der Waals surface area contributed by atoms with Gasteiger partial charge >= 0.3 is 0 Å². The summed E-state index contributed by atoms with van der Waals surface area (Å²) in [6, 6.07) is 5.53. The highest BCUT2D eigenvalue weighted by molar-refractivity contribution is 5.50. The Hall–Kier alpha value is -2.11. The van der Waals surface area contributed by atoms with Crippen molar-refractivity contribution in [1.82, 2.24) is 0 Å². The third kappa shape index (κ3) is 2.43. The molecule has 0 saturated carbocycles. The van der Waals surface area contributed by atoms with Crippen molar-refractivity contribution in [3.05, 3.63) is 28.8 Å². The second-order valence-electron chi connectivity index (χ2n) is 3.01. The first kappa shape index (κ1) is 11.0. The third-order valence-electron chi connectivity index (χ3n) is 1.99. The molecule has 4 nitrogen and oxygen atoms in total. The molecule has 15 heavy (non-hydrogen) atoms. The predicted octanol–water partition coefficient (Wildman–Crippen LogP) is 1.71. The molecule has 0 saturated heterocycles. The van der Waals surface area contributed by atoms with E-state index in [1.54, 1.807) is 6.07 Å². The van der Waals surface area contributed by atoms with Gasteiger partial charge in [-0.25, -0.2) is 9.79 Å². The van der Waals surface area contributed by atoms with Crippen molar-refractivity contribution in [3.63, 3.8) is 0 Å². The zero-order valence-corrected chi connectivity index (χ0v) is 8.57. The van der Waals surface area contributed by atoms with Crippen LogP contribution in [0.3, 0.4) is 0 Å². The van der Waals surface area contributed by atoms with Gasteiger partial charge in [0.25, 0.3) is 0 Å². The molecule has 76 valence electrons. The number of hydrogen-bond acceptors (Lipinski definition) is 4. The van der Waals surface area contributed by atoms with Crippen molar-refractivity contribution in [3.8, 4) is 11.8 Å². The Bertz CT molecular complexity index is 454. The van der Waals surface area contributed by atoms with Crippen molar-refractivity contribution in [1.29, 1.82) is 5.26 Å². The zero-order valence-electron chi connectivity index (χ0n) is 8.57. The van der Waals surface area contributed by atoms with Crippen LogP contribution in [-0.2, 0) is 11.3 Å². The minimum atomic E-state index is 0.239. The lowest BCUT2D eigenvalue weighted by Crippen LogP contribution is -1.94. The summed E-state index contributed by atoms with van der Waals surface area (Å²) in [5.41, 5.74) is 2.11. The van der Waals surface area contributed by atoms with E-state index in [0.29, 0.717) is 11.3 Å². The van der Waals surface area contributed by atoms with E-state index in [2.05, 4.69) is 4.99 Å². The molecular formula is C11H10N2O2. The van der Waals surface area contributed by atoms with Crippen LogP contribution in [0.15, 0.2) is 17.1 Å². The number of nitrogens with zero attached hydrogens (tertiary/aromatic N) is 2. The lowest BCUT2D eigenvalue weighted by Gasteiger charge is -2.08. The number of isocyanates is 1. The highest BCUT2D eigenvalue weighted by atomic mass is 16.5. The Kier molecular flexibility index (Phi) is 3.61. The maximum atomic E-state index is 9.96. The SMILES string of the molecule is COc1c(C)cc(CN=C=O)cc1C#N. The van der Waals surface area contributed by atoms with Crippen LogP contribution in [0.25, 0.3) is 0 Å². The summed E-state index contributed by atoms with van der Waals surface area (Å²) in [6.45, 7) is 2.08. The molecule has 4 heteroatoms. The number of ether oxygens (including phenoxy) is 1. The van der Waals surface area contributed by atoms with Gasteiger partial charge in [-0.1, -0.05) is 6.07 Å². The summed E-state index contributed by atoms with van der Waals surface area (Å²) < 4.78 is 5.10. The molecule has 0 aromatic heterocycles. The lowest BCUT2D eigenvalue weighted by atomic mass is 10.1. The van der Waals surface area contributed by atoms with Gasteiger partial charge in [0, 0.05) is 0 Å². The van der Waals surface area contributed by atoms with E-state index in [0.717, 1.165) is 11.1 Å². The summed E-state index contributed by atoms with van der Waals surface area (Å²) in [4.78, 5) is 13.4. The maximum absolute atomic E-state index is 9.96. The molecule has 1 aromatic carbocycles. The van der Waals surface area contributed by atoms with Crippen LogP contribution in [0.5, 0.6) is 5.75 Å². The standard InChI is InChI=1S/C11H10N2O2/c1-8-3-9(6-13-7-14)4-10(5-12)11(8)15-2/h3-4H,6H2,1-2H3. The molecule has 0 spiro atoms. The van der Waals surface area contributed by atoms with Gasteiger partial charge in [0.15, 0.2) is 0 Å². The molecule has 0 bridgehead atoms. The average Bonchev–Trinajstić information content (AvgIpc) is 2.25. The van der Waals surface area contributed by atoms with Gasteiger partial charge in [-0.15, -0.1) is 0 Å². The molecule has 0 aliphatic heterocycles.